The van der Waals surface area contributed by atoms with E-state index in [4.69, 9.17) is 4.74 Å². The number of carbonyl (C=O) groups is 2. The lowest BCUT2D eigenvalue weighted by atomic mass is 9.79. The number of rotatable bonds is 2. The molecule has 0 saturated heterocycles. The molecular formula is C12H20O3. The minimum Gasteiger partial charge on any atom is -0.465 e. The number of ether oxygens (including phenoxy) is 1. The average Bonchev–Trinajstić information content (AvgIpc) is 2.47. The van der Waals surface area contributed by atoms with Crippen LogP contribution in [-0.4, -0.2) is 18.4 Å². The van der Waals surface area contributed by atoms with E-state index in [0.29, 0.717) is 25.4 Å². The van der Waals surface area contributed by atoms with Crippen LogP contribution in [0, 0.1) is 17.3 Å². The molecule has 0 aromatic rings. The topological polar surface area (TPSA) is 43.4 Å². The molecule has 0 N–H and O–H groups in total. The molecule has 0 bridgehead atoms. The Balaban J connectivity index is 2.65. The zero-order chi connectivity index (χ0) is 11.6. The fraction of sp³-hybridized carbons (Fsp3) is 0.833. The van der Waals surface area contributed by atoms with Crippen LogP contribution in [-0.2, 0) is 14.3 Å². The predicted molar refractivity (Wildman–Crippen MR) is 57.3 cm³/mol. The number of hydrogen-bond donors (Lipinski definition) is 0. The van der Waals surface area contributed by atoms with E-state index in [1.165, 1.54) is 0 Å². The summed E-state index contributed by atoms with van der Waals surface area (Å²) in [5.41, 5.74) is 0.0942. The highest BCUT2D eigenvalue weighted by Gasteiger charge is 2.42. The standard InChI is InChI=1S/C12H20O3/c1-5-15-11(14)9-6-8(7-10(9)13)12(2,3)4/h8-9H,5-7H2,1-4H3/t8-,9+/m0/s1. The van der Waals surface area contributed by atoms with Crippen LogP contribution in [0.4, 0.5) is 0 Å². The highest BCUT2D eigenvalue weighted by Crippen LogP contribution is 2.40. The van der Waals surface area contributed by atoms with E-state index < -0.39 is 5.92 Å². The summed E-state index contributed by atoms with van der Waals surface area (Å²) >= 11 is 0. The summed E-state index contributed by atoms with van der Waals surface area (Å²) in [6, 6.07) is 0. The van der Waals surface area contributed by atoms with Crippen LogP contribution in [0.1, 0.15) is 40.5 Å². The minimum absolute atomic E-state index is 0.0494. The number of Topliss-reactive ketones (excluding diaryl/α,β-unsaturated/α-hetero) is 1. The van der Waals surface area contributed by atoms with Gasteiger partial charge in [0.15, 0.2) is 0 Å². The highest BCUT2D eigenvalue weighted by atomic mass is 16.5. The van der Waals surface area contributed by atoms with Gasteiger partial charge in [0.25, 0.3) is 0 Å². The van der Waals surface area contributed by atoms with Crippen molar-refractivity contribution in [1.29, 1.82) is 0 Å². The Morgan fingerprint density at radius 1 is 1.47 bits per heavy atom. The van der Waals surface area contributed by atoms with Crippen molar-refractivity contribution >= 4 is 11.8 Å². The lowest BCUT2D eigenvalue weighted by Crippen LogP contribution is -2.22. The van der Waals surface area contributed by atoms with Crippen molar-refractivity contribution < 1.29 is 14.3 Å². The van der Waals surface area contributed by atoms with Crippen LogP contribution < -0.4 is 0 Å². The second kappa shape index (κ2) is 4.33. The minimum atomic E-state index is -0.505. The molecule has 3 heteroatoms. The van der Waals surface area contributed by atoms with E-state index in [-0.39, 0.29) is 17.2 Å². The number of hydrogen-bond acceptors (Lipinski definition) is 3. The Kier molecular flexibility index (Phi) is 3.53. The predicted octanol–water partition coefficient (Wildman–Crippen LogP) is 2.19. The molecule has 0 aromatic heterocycles. The van der Waals surface area contributed by atoms with Crippen molar-refractivity contribution in [2.75, 3.05) is 6.61 Å². The monoisotopic (exact) mass is 212 g/mol. The molecule has 1 rings (SSSR count). The molecule has 0 aliphatic heterocycles. The fourth-order valence-electron chi connectivity index (χ4n) is 2.01. The number of ketones is 1. The Morgan fingerprint density at radius 2 is 2.07 bits per heavy atom. The SMILES string of the molecule is CCOC(=O)[C@@H]1C[C@H](C(C)(C)C)CC1=O. The van der Waals surface area contributed by atoms with Crippen LogP contribution in [0.15, 0.2) is 0 Å². The molecule has 0 unspecified atom stereocenters. The van der Waals surface area contributed by atoms with Gasteiger partial charge in [-0.3, -0.25) is 9.59 Å². The van der Waals surface area contributed by atoms with E-state index in [1.807, 2.05) is 0 Å². The lowest BCUT2D eigenvalue weighted by Gasteiger charge is -2.25. The summed E-state index contributed by atoms with van der Waals surface area (Å²) in [6.45, 7) is 8.44. The van der Waals surface area contributed by atoms with Crippen molar-refractivity contribution in [2.45, 2.75) is 40.5 Å². The molecule has 0 aromatic carbocycles. The van der Waals surface area contributed by atoms with E-state index in [9.17, 15) is 9.59 Å². The van der Waals surface area contributed by atoms with Crippen molar-refractivity contribution in [3.63, 3.8) is 0 Å². The quantitative estimate of drug-likeness (QED) is 0.520. The van der Waals surface area contributed by atoms with Gasteiger partial charge in [-0.2, -0.15) is 0 Å². The molecule has 0 radical (unpaired) electrons. The first-order valence-electron chi connectivity index (χ1n) is 5.55. The van der Waals surface area contributed by atoms with Crippen molar-refractivity contribution in [1.82, 2.24) is 0 Å². The Morgan fingerprint density at radius 3 is 2.47 bits per heavy atom. The van der Waals surface area contributed by atoms with Gasteiger partial charge in [0.2, 0.25) is 0 Å². The van der Waals surface area contributed by atoms with Gasteiger partial charge in [0.1, 0.15) is 11.7 Å². The third kappa shape index (κ3) is 2.80. The first-order valence-corrected chi connectivity index (χ1v) is 5.55. The molecule has 15 heavy (non-hydrogen) atoms. The smallest absolute Gasteiger partial charge is 0.316 e. The third-order valence-electron chi connectivity index (χ3n) is 3.15. The average molecular weight is 212 g/mol. The van der Waals surface area contributed by atoms with E-state index in [1.54, 1.807) is 6.92 Å². The number of carbonyl (C=O) groups excluding carboxylic acids is 2. The first kappa shape index (κ1) is 12.2. The van der Waals surface area contributed by atoms with Crippen LogP contribution >= 0.6 is 0 Å². The maximum atomic E-state index is 11.6. The van der Waals surface area contributed by atoms with Gasteiger partial charge in [-0.25, -0.2) is 0 Å². The van der Waals surface area contributed by atoms with Gasteiger partial charge in [-0.05, 0) is 24.7 Å². The molecule has 0 amide bonds. The summed E-state index contributed by atoms with van der Waals surface area (Å²) in [5, 5.41) is 0. The van der Waals surface area contributed by atoms with Crippen LogP contribution in [0.5, 0.6) is 0 Å². The van der Waals surface area contributed by atoms with Gasteiger partial charge >= 0.3 is 5.97 Å². The summed E-state index contributed by atoms with van der Waals surface area (Å²) in [6.07, 6.45) is 1.17. The van der Waals surface area contributed by atoms with Crippen molar-refractivity contribution in [3.8, 4) is 0 Å². The molecule has 3 nitrogen and oxygen atoms in total. The van der Waals surface area contributed by atoms with Gasteiger partial charge in [0.05, 0.1) is 6.61 Å². The van der Waals surface area contributed by atoms with Gasteiger partial charge < -0.3 is 4.74 Å². The maximum absolute atomic E-state index is 11.6. The Labute approximate surface area is 91.2 Å². The zero-order valence-electron chi connectivity index (χ0n) is 10.0. The molecule has 1 saturated carbocycles. The normalized spacial score (nSPS) is 26.8. The third-order valence-corrected chi connectivity index (χ3v) is 3.15. The Hall–Kier alpha value is -0.860. The summed E-state index contributed by atoms with van der Waals surface area (Å²) < 4.78 is 4.90. The summed E-state index contributed by atoms with van der Waals surface area (Å²) in [4.78, 5) is 23.1. The lowest BCUT2D eigenvalue weighted by molar-refractivity contribution is -0.150. The van der Waals surface area contributed by atoms with E-state index in [2.05, 4.69) is 20.8 Å². The Bertz CT molecular complexity index is 263. The molecule has 86 valence electrons. The second-order valence-electron chi connectivity index (χ2n) is 5.27. The molecular weight excluding hydrogens is 192 g/mol. The summed E-state index contributed by atoms with van der Waals surface area (Å²) in [5.74, 6) is -0.490. The highest BCUT2D eigenvalue weighted by molar-refractivity contribution is 6.00. The number of esters is 1. The molecule has 1 aliphatic rings. The molecule has 2 atom stereocenters. The van der Waals surface area contributed by atoms with Crippen molar-refractivity contribution in [3.05, 3.63) is 0 Å². The van der Waals surface area contributed by atoms with Crippen LogP contribution in [0.3, 0.4) is 0 Å². The second-order valence-corrected chi connectivity index (χ2v) is 5.27. The first-order chi connectivity index (χ1) is 6.86. The molecule has 0 heterocycles. The van der Waals surface area contributed by atoms with Gasteiger partial charge in [-0.1, -0.05) is 20.8 Å². The van der Waals surface area contributed by atoms with Crippen LogP contribution in [0.25, 0.3) is 0 Å². The van der Waals surface area contributed by atoms with E-state index in [0.717, 1.165) is 0 Å². The van der Waals surface area contributed by atoms with E-state index >= 15 is 0 Å². The largest absolute Gasteiger partial charge is 0.465 e. The molecule has 1 fully saturated rings. The van der Waals surface area contributed by atoms with Crippen molar-refractivity contribution in [2.24, 2.45) is 17.3 Å². The van der Waals surface area contributed by atoms with Crippen LogP contribution in [0.2, 0.25) is 0 Å². The maximum Gasteiger partial charge on any atom is 0.316 e. The fourth-order valence-corrected chi connectivity index (χ4v) is 2.01. The molecule has 0 spiro atoms. The van der Waals surface area contributed by atoms with Gasteiger partial charge in [0, 0.05) is 6.42 Å². The summed E-state index contributed by atoms with van der Waals surface area (Å²) in [7, 11) is 0. The zero-order valence-corrected chi connectivity index (χ0v) is 10.0. The molecule has 1 aliphatic carbocycles. The van der Waals surface area contributed by atoms with Gasteiger partial charge in [-0.15, -0.1) is 0 Å².